The molecule has 4 nitrogen and oxygen atoms in total. The van der Waals surface area contributed by atoms with Gasteiger partial charge in [-0.3, -0.25) is 0 Å². The van der Waals surface area contributed by atoms with Gasteiger partial charge in [-0.25, -0.2) is 4.79 Å². The Kier molecular flexibility index (Phi) is 7.12. The van der Waals surface area contributed by atoms with Crippen LogP contribution in [0.5, 0.6) is 11.5 Å². The summed E-state index contributed by atoms with van der Waals surface area (Å²) < 4.78 is 10.9. The lowest BCUT2D eigenvalue weighted by Crippen LogP contribution is -2.09. The number of hydrogen-bond donors (Lipinski definition) is 0. The maximum atomic E-state index is 12.5. The third-order valence-electron chi connectivity index (χ3n) is 4.79. The molecule has 0 heterocycles. The molecule has 0 aliphatic heterocycles. The van der Waals surface area contributed by atoms with Crippen molar-refractivity contribution in [3.63, 3.8) is 0 Å². The highest BCUT2D eigenvalue weighted by Crippen LogP contribution is 2.31. The number of methoxy groups -OCH3 is 1. The zero-order valence-electron chi connectivity index (χ0n) is 17.6. The number of nitrogens with zero attached hydrogens (tertiary/aromatic N) is 1. The normalized spacial score (nSPS) is 11.2. The molecule has 0 aromatic heterocycles. The summed E-state index contributed by atoms with van der Waals surface area (Å²) in [5.74, 6) is 0.629. The SMILES string of the molecule is COc1cc(/C=C(\C#N)c2ccc(Cl)cc2)ccc1OC(=O)c1ccc(C(C)C)cc1. The average molecular weight is 432 g/mol. The lowest BCUT2D eigenvalue weighted by Gasteiger charge is -2.11. The van der Waals surface area contributed by atoms with E-state index in [-0.39, 0.29) is 0 Å². The standard InChI is InChI=1S/C26H22ClNO3/c1-17(2)19-5-7-21(8-6-19)26(29)31-24-13-4-18(15-25(24)30-3)14-22(16-28)20-9-11-23(27)12-10-20/h4-15,17H,1-3H3/b22-14+. The Bertz CT molecular complexity index is 1140. The van der Waals surface area contributed by atoms with E-state index in [2.05, 4.69) is 19.9 Å². The molecule has 0 radical (unpaired) electrons. The summed E-state index contributed by atoms with van der Waals surface area (Å²) >= 11 is 5.92. The fourth-order valence-electron chi connectivity index (χ4n) is 3.00. The van der Waals surface area contributed by atoms with Crippen LogP contribution in [0.2, 0.25) is 5.02 Å². The molecular weight excluding hydrogens is 410 g/mol. The van der Waals surface area contributed by atoms with Crippen molar-refractivity contribution in [3.8, 4) is 17.6 Å². The molecule has 0 spiro atoms. The van der Waals surface area contributed by atoms with Gasteiger partial charge in [-0.05, 0) is 65.1 Å². The van der Waals surface area contributed by atoms with Gasteiger partial charge in [-0.2, -0.15) is 5.26 Å². The highest BCUT2D eigenvalue weighted by Gasteiger charge is 2.13. The van der Waals surface area contributed by atoms with Crippen LogP contribution in [0.3, 0.4) is 0 Å². The summed E-state index contributed by atoms with van der Waals surface area (Å²) in [6.45, 7) is 4.19. The molecule has 0 N–H and O–H groups in total. The molecule has 0 saturated heterocycles. The van der Waals surface area contributed by atoms with Crippen LogP contribution in [-0.4, -0.2) is 13.1 Å². The minimum absolute atomic E-state index is 0.308. The van der Waals surface area contributed by atoms with Gasteiger partial charge in [0.25, 0.3) is 0 Å². The van der Waals surface area contributed by atoms with Crippen LogP contribution in [0, 0.1) is 11.3 Å². The molecule has 5 heteroatoms. The van der Waals surface area contributed by atoms with Crippen molar-refractivity contribution in [1.82, 2.24) is 0 Å². The summed E-state index contributed by atoms with van der Waals surface area (Å²) in [7, 11) is 1.50. The van der Waals surface area contributed by atoms with Crippen molar-refractivity contribution in [3.05, 3.63) is 94.0 Å². The quantitative estimate of drug-likeness (QED) is 0.187. The summed E-state index contributed by atoms with van der Waals surface area (Å²) in [5.41, 5.74) is 3.59. The van der Waals surface area contributed by atoms with E-state index in [1.807, 2.05) is 12.1 Å². The van der Waals surface area contributed by atoms with Gasteiger partial charge in [0.1, 0.15) is 0 Å². The number of carbonyl (C=O) groups is 1. The largest absolute Gasteiger partial charge is 0.493 e. The molecule has 0 saturated carbocycles. The molecule has 3 rings (SSSR count). The van der Waals surface area contributed by atoms with E-state index in [9.17, 15) is 10.1 Å². The van der Waals surface area contributed by atoms with E-state index in [0.717, 1.165) is 16.7 Å². The Balaban J connectivity index is 1.83. The molecule has 0 amide bonds. The molecule has 3 aromatic carbocycles. The maximum absolute atomic E-state index is 12.5. The van der Waals surface area contributed by atoms with Crippen molar-refractivity contribution < 1.29 is 14.3 Å². The van der Waals surface area contributed by atoms with Crippen molar-refractivity contribution in [1.29, 1.82) is 5.26 Å². The Morgan fingerprint density at radius 3 is 2.19 bits per heavy atom. The number of ether oxygens (including phenoxy) is 2. The summed E-state index contributed by atoms with van der Waals surface area (Å²) in [6, 6.07) is 21.7. The van der Waals surface area contributed by atoms with Crippen LogP contribution < -0.4 is 9.47 Å². The number of esters is 1. The van der Waals surface area contributed by atoms with Gasteiger partial charge < -0.3 is 9.47 Å². The van der Waals surface area contributed by atoms with Crippen LogP contribution in [0.4, 0.5) is 0 Å². The number of hydrogen-bond acceptors (Lipinski definition) is 4. The molecule has 0 bridgehead atoms. The van der Waals surface area contributed by atoms with Crippen LogP contribution in [0.15, 0.2) is 66.7 Å². The zero-order valence-corrected chi connectivity index (χ0v) is 18.3. The molecule has 31 heavy (non-hydrogen) atoms. The minimum Gasteiger partial charge on any atom is -0.493 e. The second-order valence-electron chi connectivity index (χ2n) is 7.25. The molecule has 156 valence electrons. The first-order chi connectivity index (χ1) is 14.9. The molecular formula is C26H22ClNO3. The monoisotopic (exact) mass is 431 g/mol. The van der Waals surface area contributed by atoms with Gasteiger partial charge in [0.2, 0.25) is 0 Å². The Hall–Kier alpha value is -3.55. The van der Waals surface area contributed by atoms with Gasteiger partial charge in [-0.15, -0.1) is 0 Å². The van der Waals surface area contributed by atoms with Crippen molar-refractivity contribution in [2.45, 2.75) is 19.8 Å². The summed E-state index contributed by atoms with van der Waals surface area (Å²) in [6.07, 6.45) is 1.74. The molecule has 3 aromatic rings. The Labute approximate surface area is 187 Å². The predicted molar refractivity (Wildman–Crippen MR) is 123 cm³/mol. The van der Waals surface area contributed by atoms with Crippen LogP contribution in [-0.2, 0) is 0 Å². The number of carbonyl (C=O) groups excluding carboxylic acids is 1. The van der Waals surface area contributed by atoms with E-state index >= 15 is 0 Å². The molecule has 0 fully saturated rings. The smallest absolute Gasteiger partial charge is 0.343 e. The Morgan fingerprint density at radius 1 is 0.968 bits per heavy atom. The number of halogens is 1. The van der Waals surface area contributed by atoms with Crippen molar-refractivity contribution >= 4 is 29.2 Å². The molecule has 0 atom stereocenters. The third-order valence-corrected chi connectivity index (χ3v) is 5.04. The fourth-order valence-corrected chi connectivity index (χ4v) is 3.12. The average Bonchev–Trinajstić information content (AvgIpc) is 2.79. The van der Waals surface area contributed by atoms with Gasteiger partial charge in [0.15, 0.2) is 11.5 Å². The summed E-state index contributed by atoms with van der Waals surface area (Å²) in [5, 5.41) is 10.1. The first-order valence-electron chi connectivity index (χ1n) is 9.79. The van der Waals surface area contributed by atoms with E-state index < -0.39 is 5.97 Å². The topological polar surface area (TPSA) is 59.3 Å². The van der Waals surface area contributed by atoms with Crippen molar-refractivity contribution in [2.24, 2.45) is 0 Å². The molecule has 0 aliphatic rings. The highest BCUT2D eigenvalue weighted by molar-refractivity contribution is 6.30. The van der Waals surface area contributed by atoms with Gasteiger partial charge >= 0.3 is 5.97 Å². The lowest BCUT2D eigenvalue weighted by atomic mass is 10.0. The number of benzene rings is 3. The fraction of sp³-hybridized carbons (Fsp3) is 0.154. The second-order valence-corrected chi connectivity index (χ2v) is 7.69. The summed E-state index contributed by atoms with van der Waals surface area (Å²) in [4.78, 5) is 12.5. The van der Waals surface area contributed by atoms with E-state index in [1.165, 1.54) is 7.11 Å². The predicted octanol–water partition coefficient (Wildman–Crippen LogP) is 6.76. The van der Waals surface area contributed by atoms with E-state index in [0.29, 0.717) is 33.6 Å². The minimum atomic E-state index is -0.462. The number of allylic oxidation sites excluding steroid dienone is 1. The van der Waals surface area contributed by atoms with Crippen molar-refractivity contribution in [2.75, 3.05) is 7.11 Å². The molecule has 0 aliphatic carbocycles. The second kappa shape index (κ2) is 9.97. The first kappa shape index (κ1) is 22.1. The van der Waals surface area contributed by atoms with E-state index in [1.54, 1.807) is 60.7 Å². The van der Waals surface area contributed by atoms with E-state index in [4.69, 9.17) is 21.1 Å². The van der Waals surface area contributed by atoms with Gasteiger partial charge in [0, 0.05) is 5.02 Å². The lowest BCUT2D eigenvalue weighted by molar-refractivity contribution is 0.0729. The molecule has 0 unspecified atom stereocenters. The van der Waals surface area contributed by atoms with Crippen LogP contribution in [0.25, 0.3) is 11.6 Å². The van der Waals surface area contributed by atoms with Gasteiger partial charge in [-0.1, -0.05) is 55.8 Å². The van der Waals surface area contributed by atoms with Gasteiger partial charge in [0.05, 0.1) is 24.3 Å². The highest BCUT2D eigenvalue weighted by atomic mass is 35.5. The number of nitriles is 1. The van der Waals surface area contributed by atoms with Crippen LogP contribution in [0.1, 0.15) is 46.8 Å². The maximum Gasteiger partial charge on any atom is 0.343 e. The Morgan fingerprint density at radius 2 is 1.61 bits per heavy atom. The third kappa shape index (κ3) is 5.53. The first-order valence-corrected chi connectivity index (χ1v) is 10.2. The number of rotatable bonds is 6. The van der Waals surface area contributed by atoms with Crippen LogP contribution >= 0.6 is 11.6 Å². The zero-order chi connectivity index (χ0) is 22.4.